The van der Waals surface area contributed by atoms with E-state index in [9.17, 15) is 4.79 Å². The number of fused-ring (bicyclic) bond motifs is 1. The summed E-state index contributed by atoms with van der Waals surface area (Å²) >= 11 is 0. The first kappa shape index (κ1) is 15.3. The van der Waals surface area contributed by atoms with E-state index in [1.54, 1.807) is 0 Å². The van der Waals surface area contributed by atoms with Crippen LogP contribution in [0.2, 0.25) is 0 Å². The maximum absolute atomic E-state index is 12.5. The summed E-state index contributed by atoms with van der Waals surface area (Å²) in [5.41, 5.74) is 5.11. The number of benzene rings is 1. The Morgan fingerprint density at radius 3 is 2.65 bits per heavy atom. The molecule has 0 fully saturated rings. The quantitative estimate of drug-likeness (QED) is 0.836. The molecule has 1 amide bonds. The molecule has 0 bridgehead atoms. The second-order valence-corrected chi connectivity index (χ2v) is 5.86. The first-order valence-electron chi connectivity index (χ1n) is 8.13. The summed E-state index contributed by atoms with van der Waals surface area (Å²) in [6.07, 6.45) is 8.24. The number of aryl methyl sites for hydroxylation is 1. The Morgan fingerprint density at radius 2 is 1.96 bits per heavy atom. The Bertz CT molecular complexity index is 780. The van der Waals surface area contributed by atoms with Crippen LogP contribution in [0.1, 0.15) is 36.6 Å². The highest BCUT2D eigenvalue weighted by molar-refractivity contribution is 6.26. The Morgan fingerprint density at radius 1 is 1.17 bits per heavy atom. The molecule has 23 heavy (non-hydrogen) atoms. The maximum atomic E-state index is 12.5. The Balaban J connectivity index is 1.94. The van der Waals surface area contributed by atoms with Gasteiger partial charge in [0.15, 0.2) is 0 Å². The summed E-state index contributed by atoms with van der Waals surface area (Å²) in [4.78, 5) is 12.5. The third-order valence-electron chi connectivity index (χ3n) is 4.18. The van der Waals surface area contributed by atoms with Crippen LogP contribution in [0.3, 0.4) is 0 Å². The molecule has 0 atom stereocenters. The number of unbranched alkanes of at least 4 members (excludes halogenated alkanes) is 1. The molecule has 3 nitrogen and oxygen atoms in total. The van der Waals surface area contributed by atoms with Gasteiger partial charge < -0.3 is 9.88 Å². The van der Waals surface area contributed by atoms with Crippen LogP contribution in [0, 0.1) is 0 Å². The predicted octanol–water partition coefficient (Wildman–Crippen LogP) is 3.88. The fourth-order valence-electron chi connectivity index (χ4n) is 2.85. The molecule has 3 heteroatoms. The minimum absolute atomic E-state index is 0.0150. The van der Waals surface area contributed by atoms with E-state index in [4.69, 9.17) is 0 Å². The molecule has 118 valence electrons. The molecule has 1 N–H and O–H groups in total. The summed E-state index contributed by atoms with van der Waals surface area (Å²) < 4.78 is 2.07. The molecule has 1 aliphatic carbocycles. The number of aromatic nitrogens is 1. The van der Waals surface area contributed by atoms with Gasteiger partial charge in [0.2, 0.25) is 0 Å². The van der Waals surface area contributed by atoms with E-state index >= 15 is 0 Å². The Labute approximate surface area is 137 Å². The van der Waals surface area contributed by atoms with Gasteiger partial charge in [0.25, 0.3) is 5.91 Å². The van der Waals surface area contributed by atoms with Crippen LogP contribution in [-0.2, 0) is 11.8 Å². The number of allylic oxidation sites excluding steroid dienone is 2. The molecule has 1 aromatic carbocycles. The largest absolute Gasteiger partial charge is 0.352 e. The van der Waals surface area contributed by atoms with Gasteiger partial charge in [0.1, 0.15) is 0 Å². The van der Waals surface area contributed by atoms with E-state index in [1.165, 1.54) is 0 Å². The molecule has 0 unspecified atom stereocenters. The number of nitrogens with one attached hydrogen (secondary N) is 1. The Kier molecular flexibility index (Phi) is 4.47. The van der Waals surface area contributed by atoms with Crippen molar-refractivity contribution in [3.63, 3.8) is 0 Å². The van der Waals surface area contributed by atoms with Gasteiger partial charge in [0, 0.05) is 31.1 Å². The molecule has 2 aromatic rings. The molecule has 0 aliphatic heterocycles. The molecule has 0 radical (unpaired) electrons. The average Bonchev–Trinajstić information content (AvgIpc) is 3.13. The van der Waals surface area contributed by atoms with Crippen LogP contribution in [-0.4, -0.2) is 17.0 Å². The van der Waals surface area contributed by atoms with Crippen molar-refractivity contribution in [2.75, 3.05) is 6.54 Å². The average molecular weight is 306 g/mol. The minimum atomic E-state index is 0.0150. The number of nitrogens with zero attached hydrogens (tertiary/aromatic N) is 1. The second kappa shape index (κ2) is 6.69. The number of hydrogen-bond acceptors (Lipinski definition) is 1. The van der Waals surface area contributed by atoms with Crippen molar-refractivity contribution in [3.05, 3.63) is 65.5 Å². The summed E-state index contributed by atoms with van der Waals surface area (Å²) in [6.45, 7) is 2.85. The van der Waals surface area contributed by atoms with Gasteiger partial charge in [-0.3, -0.25) is 4.79 Å². The molecule has 1 heterocycles. The van der Waals surface area contributed by atoms with E-state index in [2.05, 4.69) is 35.0 Å². The van der Waals surface area contributed by atoms with Crippen molar-refractivity contribution in [2.24, 2.45) is 7.05 Å². The number of amides is 1. The third-order valence-corrected chi connectivity index (χ3v) is 4.18. The number of hydrogen-bond donors (Lipinski definition) is 1. The van der Waals surface area contributed by atoms with Crippen LogP contribution >= 0.6 is 0 Å². The molecule has 1 aliphatic rings. The lowest BCUT2D eigenvalue weighted by molar-refractivity contribution is -0.115. The fourth-order valence-corrected chi connectivity index (χ4v) is 2.85. The third kappa shape index (κ3) is 3.14. The van der Waals surface area contributed by atoms with Crippen molar-refractivity contribution in [3.8, 4) is 0 Å². The lowest BCUT2D eigenvalue weighted by Crippen LogP contribution is -2.24. The zero-order valence-electron chi connectivity index (χ0n) is 13.7. The molecule has 3 rings (SSSR count). The van der Waals surface area contributed by atoms with Crippen molar-refractivity contribution in [2.45, 2.75) is 19.8 Å². The highest BCUT2D eigenvalue weighted by Crippen LogP contribution is 2.36. The van der Waals surface area contributed by atoms with Crippen molar-refractivity contribution < 1.29 is 4.79 Å². The fraction of sp³-hybridized carbons (Fsp3) is 0.250. The minimum Gasteiger partial charge on any atom is -0.352 e. The number of carbonyl (C=O) groups is 1. The zero-order chi connectivity index (χ0) is 16.2. The lowest BCUT2D eigenvalue weighted by Gasteiger charge is -2.06. The molecule has 0 saturated carbocycles. The molecule has 0 spiro atoms. The van der Waals surface area contributed by atoms with E-state index in [-0.39, 0.29) is 5.91 Å². The standard InChI is InChI=1S/C20H22N2O/c1-3-4-11-21-20(23)19-14-15(13-16-8-7-12-22(16)2)17-9-5-6-10-18(17)19/h5-10,12-14H,3-4,11H2,1-2H3,(H,21,23)/b15-13+. The van der Waals surface area contributed by atoms with E-state index in [0.717, 1.165) is 47.4 Å². The van der Waals surface area contributed by atoms with Crippen LogP contribution in [0.4, 0.5) is 0 Å². The predicted molar refractivity (Wildman–Crippen MR) is 95.6 cm³/mol. The van der Waals surface area contributed by atoms with Gasteiger partial charge in [-0.05, 0) is 47.4 Å². The van der Waals surface area contributed by atoms with Crippen molar-refractivity contribution in [1.82, 2.24) is 9.88 Å². The van der Waals surface area contributed by atoms with E-state index < -0.39 is 0 Å². The van der Waals surface area contributed by atoms with Crippen molar-refractivity contribution in [1.29, 1.82) is 0 Å². The first-order valence-corrected chi connectivity index (χ1v) is 8.13. The van der Waals surface area contributed by atoms with E-state index in [0.29, 0.717) is 0 Å². The van der Waals surface area contributed by atoms with Crippen LogP contribution < -0.4 is 5.32 Å². The molecule has 1 aromatic heterocycles. The van der Waals surface area contributed by atoms with Gasteiger partial charge in [-0.1, -0.05) is 37.6 Å². The van der Waals surface area contributed by atoms with E-state index in [1.807, 2.05) is 43.6 Å². The topological polar surface area (TPSA) is 34.0 Å². The first-order chi connectivity index (χ1) is 11.2. The van der Waals surface area contributed by atoms with Crippen LogP contribution in [0.5, 0.6) is 0 Å². The molecular weight excluding hydrogens is 284 g/mol. The normalized spacial score (nSPS) is 14.7. The highest BCUT2D eigenvalue weighted by atomic mass is 16.1. The highest BCUT2D eigenvalue weighted by Gasteiger charge is 2.22. The Hall–Kier alpha value is -2.55. The smallest absolute Gasteiger partial charge is 0.251 e. The maximum Gasteiger partial charge on any atom is 0.251 e. The van der Waals surface area contributed by atoms with Gasteiger partial charge in [-0.2, -0.15) is 0 Å². The van der Waals surface area contributed by atoms with Gasteiger partial charge in [-0.25, -0.2) is 0 Å². The van der Waals surface area contributed by atoms with Gasteiger partial charge in [-0.15, -0.1) is 0 Å². The SMILES string of the molecule is CCCCNC(=O)C1=C/C(=C\c2cccn2C)c2ccccc21. The zero-order valence-corrected chi connectivity index (χ0v) is 13.7. The van der Waals surface area contributed by atoms with Crippen LogP contribution in [0.15, 0.2) is 48.7 Å². The number of carbonyl (C=O) groups excluding carboxylic acids is 1. The number of rotatable bonds is 5. The lowest BCUT2D eigenvalue weighted by atomic mass is 10.0. The summed E-state index contributed by atoms with van der Waals surface area (Å²) in [7, 11) is 2.02. The summed E-state index contributed by atoms with van der Waals surface area (Å²) in [5.74, 6) is 0.0150. The summed E-state index contributed by atoms with van der Waals surface area (Å²) in [6, 6.07) is 12.2. The van der Waals surface area contributed by atoms with Gasteiger partial charge in [0.05, 0.1) is 0 Å². The monoisotopic (exact) mass is 306 g/mol. The van der Waals surface area contributed by atoms with Crippen molar-refractivity contribution >= 4 is 23.1 Å². The van der Waals surface area contributed by atoms with Crippen LogP contribution in [0.25, 0.3) is 17.2 Å². The van der Waals surface area contributed by atoms with Gasteiger partial charge >= 0.3 is 0 Å². The second-order valence-electron chi connectivity index (χ2n) is 5.86. The molecule has 0 saturated heterocycles. The summed E-state index contributed by atoms with van der Waals surface area (Å²) in [5, 5.41) is 3.02. The molecular formula is C20H22N2O.